The fourth-order valence-corrected chi connectivity index (χ4v) is 5.08. The van der Waals surface area contributed by atoms with Gasteiger partial charge in [0.25, 0.3) is 0 Å². The van der Waals surface area contributed by atoms with Gasteiger partial charge in [0.2, 0.25) is 0 Å². The summed E-state index contributed by atoms with van der Waals surface area (Å²) in [6, 6.07) is 20.9. The van der Waals surface area contributed by atoms with Crippen LogP contribution in [0.5, 0.6) is 0 Å². The largest absolute Gasteiger partial charge is 0.478 e. The van der Waals surface area contributed by atoms with Crippen molar-refractivity contribution in [1.82, 2.24) is 0 Å². The summed E-state index contributed by atoms with van der Waals surface area (Å²) in [7, 11) is 0. The smallest absolute Gasteiger partial charge is 0.337 e. The molecule has 1 aliphatic rings. The van der Waals surface area contributed by atoms with E-state index in [9.17, 15) is 9.90 Å². The lowest BCUT2D eigenvalue weighted by Crippen LogP contribution is -2.34. The molecule has 0 saturated heterocycles. The molecule has 1 aliphatic heterocycles. The van der Waals surface area contributed by atoms with Crippen LogP contribution in [0.3, 0.4) is 0 Å². The van der Waals surface area contributed by atoms with Gasteiger partial charge in [-0.3, -0.25) is 0 Å². The van der Waals surface area contributed by atoms with Crippen LogP contribution < -0.4 is 5.32 Å². The maximum atomic E-state index is 12.1. The number of anilines is 1. The molecule has 0 aromatic heterocycles. The molecule has 0 fully saturated rings. The van der Waals surface area contributed by atoms with Crippen molar-refractivity contribution in [3.63, 3.8) is 0 Å². The molecule has 0 bridgehead atoms. The highest BCUT2D eigenvalue weighted by Crippen LogP contribution is 2.45. The Morgan fingerprint density at radius 2 is 1.80 bits per heavy atom. The number of nitrogens with one attached hydrogen (secondary N) is 1. The van der Waals surface area contributed by atoms with Gasteiger partial charge >= 0.3 is 5.97 Å². The van der Waals surface area contributed by atoms with Crippen molar-refractivity contribution >= 4 is 27.6 Å². The molecule has 0 spiro atoms. The van der Waals surface area contributed by atoms with Gasteiger partial charge in [0.05, 0.1) is 11.3 Å². The van der Waals surface area contributed by atoms with Gasteiger partial charge < -0.3 is 10.4 Å². The van der Waals surface area contributed by atoms with Crippen LogP contribution in [-0.2, 0) is 0 Å². The number of rotatable bonds is 4. The zero-order valence-corrected chi connectivity index (χ0v) is 19.0. The Bertz CT molecular complexity index is 1090. The molecule has 0 unspecified atom stereocenters. The highest BCUT2D eigenvalue weighted by atomic mass is 79.9. The van der Waals surface area contributed by atoms with E-state index in [4.69, 9.17) is 0 Å². The second-order valence-corrected chi connectivity index (χ2v) is 9.24. The lowest BCUT2D eigenvalue weighted by atomic mass is 9.75. The molecular formula is C26H26BrNO2. The highest BCUT2D eigenvalue weighted by molar-refractivity contribution is 9.10. The van der Waals surface area contributed by atoms with E-state index in [0.29, 0.717) is 5.56 Å². The molecule has 3 aromatic rings. The van der Waals surface area contributed by atoms with E-state index >= 15 is 0 Å². The zero-order chi connectivity index (χ0) is 21.4. The van der Waals surface area contributed by atoms with Crippen LogP contribution in [-0.4, -0.2) is 17.1 Å². The number of fused-ring (bicyclic) bond motifs is 1. The summed E-state index contributed by atoms with van der Waals surface area (Å²) < 4.78 is 0.797. The number of hydrogen-bond donors (Lipinski definition) is 2. The van der Waals surface area contributed by atoms with Crippen molar-refractivity contribution in [3.8, 4) is 0 Å². The fraction of sp³-hybridized carbons (Fsp3) is 0.269. The Morgan fingerprint density at radius 1 is 1.07 bits per heavy atom. The topological polar surface area (TPSA) is 49.3 Å². The highest BCUT2D eigenvalue weighted by Gasteiger charge is 2.34. The van der Waals surface area contributed by atoms with Crippen molar-refractivity contribution in [2.24, 2.45) is 0 Å². The van der Waals surface area contributed by atoms with E-state index in [1.54, 1.807) is 6.07 Å². The van der Waals surface area contributed by atoms with Crippen LogP contribution >= 0.6 is 15.9 Å². The number of halogens is 1. The van der Waals surface area contributed by atoms with Gasteiger partial charge in [-0.05, 0) is 54.7 Å². The first-order chi connectivity index (χ1) is 14.3. The van der Waals surface area contributed by atoms with Gasteiger partial charge in [0, 0.05) is 22.4 Å². The Kier molecular flexibility index (Phi) is 5.70. The molecule has 0 amide bonds. The Morgan fingerprint density at radius 3 is 2.50 bits per heavy atom. The van der Waals surface area contributed by atoms with E-state index in [2.05, 4.69) is 90.5 Å². The SMILES string of the molecule is Cc1ccc(C)c([C@@H]2C[C@@H]([C@@H](C)c3ccccc3)Nc3c(C(=O)O)cc(Br)cc32)c1. The zero-order valence-electron chi connectivity index (χ0n) is 17.4. The Balaban J connectivity index is 1.87. The van der Waals surface area contributed by atoms with Crippen molar-refractivity contribution in [1.29, 1.82) is 0 Å². The summed E-state index contributed by atoms with van der Waals surface area (Å²) in [5.41, 5.74) is 7.10. The van der Waals surface area contributed by atoms with Crippen molar-refractivity contribution in [3.05, 3.63) is 98.5 Å². The van der Waals surface area contributed by atoms with Gasteiger partial charge in [-0.25, -0.2) is 4.79 Å². The maximum absolute atomic E-state index is 12.1. The molecule has 3 nitrogen and oxygen atoms in total. The number of hydrogen-bond acceptors (Lipinski definition) is 2. The molecule has 0 aliphatic carbocycles. The van der Waals surface area contributed by atoms with Gasteiger partial charge in [0.1, 0.15) is 0 Å². The van der Waals surface area contributed by atoms with Gasteiger partial charge in [0.15, 0.2) is 0 Å². The van der Waals surface area contributed by atoms with E-state index < -0.39 is 5.97 Å². The molecule has 0 saturated carbocycles. The van der Waals surface area contributed by atoms with Crippen LogP contribution in [0.15, 0.2) is 65.1 Å². The normalized spacial score (nSPS) is 18.9. The molecule has 0 radical (unpaired) electrons. The van der Waals surface area contributed by atoms with E-state index in [1.807, 2.05) is 6.07 Å². The minimum atomic E-state index is -0.909. The van der Waals surface area contributed by atoms with Crippen LogP contribution in [0.1, 0.15) is 63.4 Å². The number of carbonyl (C=O) groups is 1. The maximum Gasteiger partial charge on any atom is 0.337 e. The summed E-state index contributed by atoms with van der Waals surface area (Å²) >= 11 is 3.53. The first-order valence-corrected chi connectivity index (χ1v) is 11.1. The molecule has 3 atom stereocenters. The molecule has 3 aromatic carbocycles. The standard InChI is InChI=1S/C26H26BrNO2/c1-15-9-10-16(2)20(11-15)21-14-24(17(3)18-7-5-4-6-8-18)28-25-22(21)12-19(27)13-23(25)26(29)30/h4-13,17,21,24,28H,14H2,1-3H3,(H,29,30)/t17-,21-,24-/m0/s1. The van der Waals surface area contributed by atoms with Crippen LogP contribution in [0.4, 0.5) is 5.69 Å². The van der Waals surface area contributed by atoms with E-state index in [0.717, 1.165) is 22.1 Å². The quantitative estimate of drug-likeness (QED) is 0.442. The van der Waals surface area contributed by atoms with Crippen LogP contribution in [0, 0.1) is 13.8 Å². The van der Waals surface area contributed by atoms with E-state index in [-0.39, 0.29) is 17.9 Å². The van der Waals surface area contributed by atoms with Crippen LogP contribution in [0.25, 0.3) is 0 Å². The molecule has 2 N–H and O–H groups in total. The summed E-state index contributed by atoms with van der Waals surface area (Å²) in [6.07, 6.45) is 0.906. The van der Waals surface area contributed by atoms with Gasteiger partial charge in [-0.2, -0.15) is 0 Å². The summed E-state index contributed by atoms with van der Waals surface area (Å²) in [4.78, 5) is 12.1. The third kappa shape index (κ3) is 3.89. The van der Waals surface area contributed by atoms with E-state index in [1.165, 1.54) is 22.3 Å². The molecule has 4 rings (SSSR count). The molecule has 154 valence electrons. The Hall–Kier alpha value is -2.59. The fourth-order valence-electron chi connectivity index (χ4n) is 4.61. The van der Waals surface area contributed by atoms with Gasteiger partial charge in [-0.15, -0.1) is 0 Å². The predicted molar refractivity (Wildman–Crippen MR) is 126 cm³/mol. The third-order valence-electron chi connectivity index (χ3n) is 6.30. The predicted octanol–water partition coefficient (Wildman–Crippen LogP) is 6.88. The molecular weight excluding hydrogens is 438 g/mol. The lowest BCUT2D eigenvalue weighted by molar-refractivity contribution is 0.0697. The number of aromatic carboxylic acids is 1. The van der Waals surface area contributed by atoms with Crippen molar-refractivity contribution in [2.45, 2.75) is 45.1 Å². The first-order valence-electron chi connectivity index (χ1n) is 10.3. The third-order valence-corrected chi connectivity index (χ3v) is 6.76. The molecule has 1 heterocycles. The second kappa shape index (κ2) is 8.27. The second-order valence-electron chi connectivity index (χ2n) is 8.32. The minimum absolute atomic E-state index is 0.129. The average Bonchev–Trinajstić information content (AvgIpc) is 2.74. The van der Waals surface area contributed by atoms with Crippen LogP contribution in [0.2, 0.25) is 0 Å². The summed E-state index contributed by atoms with van der Waals surface area (Å²) in [5, 5.41) is 13.5. The lowest BCUT2D eigenvalue weighted by Gasteiger charge is -2.38. The average molecular weight is 464 g/mol. The number of aryl methyl sites for hydroxylation is 2. The first kappa shape index (κ1) is 20.7. The van der Waals surface area contributed by atoms with Gasteiger partial charge in [-0.1, -0.05) is 76.9 Å². The Labute approximate surface area is 186 Å². The summed E-state index contributed by atoms with van der Waals surface area (Å²) in [5.74, 6) is -0.530. The summed E-state index contributed by atoms with van der Waals surface area (Å²) in [6.45, 7) is 6.47. The minimum Gasteiger partial charge on any atom is -0.478 e. The number of benzene rings is 3. The monoisotopic (exact) mass is 463 g/mol. The number of carboxylic acid groups (broad SMARTS) is 1. The van der Waals surface area contributed by atoms with Crippen molar-refractivity contribution < 1.29 is 9.90 Å². The molecule has 30 heavy (non-hydrogen) atoms. The number of carboxylic acids is 1. The molecule has 4 heteroatoms. The van der Waals surface area contributed by atoms with Crippen molar-refractivity contribution in [2.75, 3.05) is 5.32 Å².